The van der Waals surface area contributed by atoms with Crippen molar-refractivity contribution in [3.05, 3.63) is 65.7 Å². The number of amides is 1. The number of para-hydroxylation sites is 1. The summed E-state index contributed by atoms with van der Waals surface area (Å²) in [6, 6.07) is 17.4. The summed E-state index contributed by atoms with van der Waals surface area (Å²) in [6.45, 7) is 9.77. The van der Waals surface area contributed by atoms with Crippen LogP contribution in [-0.4, -0.2) is 61.8 Å². The quantitative estimate of drug-likeness (QED) is 0.221. The molecule has 0 aliphatic carbocycles. The van der Waals surface area contributed by atoms with E-state index in [0.717, 1.165) is 23.8 Å². The summed E-state index contributed by atoms with van der Waals surface area (Å²) in [6.07, 6.45) is 0.123. The van der Waals surface area contributed by atoms with Crippen LogP contribution in [0.1, 0.15) is 36.7 Å². The van der Waals surface area contributed by atoms with Gasteiger partial charge in [-0.2, -0.15) is 0 Å². The molecule has 3 rings (SSSR count). The molecule has 1 aliphatic heterocycles. The van der Waals surface area contributed by atoms with E-state index in [1.54, 1.807) is 0 Å². The van der Waals surface area contributed by atoms with Crippen LogP contribution in [-0.2, 0) is 11.3 Å². The van der Waals surface area contributed by atoms with Crippen molar-refractivity contribution in [3.8, 4) is 5.75 Å². The Morgan fingerprint density at radius 1 is 1.06 bits per heavy atom. The molecule has 2 aromatic rings. The Hall–Kier alpha value is -2.33. The molecule has 180 valence electrons. The lowest BCUT2D eigenvalue weighted by Gasteiger charge is -2.35. The fourth-order valence-electron chi connectivity index (χ4n) is 3.65. The van der Waals surface area contributed by atoms with E-state index in [2.05, 4.69) is 15.6 Å². The van der Waals surface area contributed by atoms with Gasteiger partial charge in [-0.15, -0.1) is 24.0 Å². The first-order valence-corrected chi connectivity index (χ1v) is 11.3. The third-order valence-corrected chi connectivity index (χ3v) is 5.08. The summed E-state index contributed by atoms with van der Waals surface area (Å²) in [4.78, 5) is 19.3. The van der Waals surface area contributed by atoms with Crippen LogP contribution in [0.4, 0.5) is 0 Å². The van der Waals surface area contributed by atoms with Crippen LogP contribution in [0.25, 0.3) is 0 Å². The number of aliphatic imine (C=N–C) groups is 1. The maximum Gasteiger partial charge on any atom is 0.254 e. The lowest BCUT2D eigenvalue weighted by Crippen LogP contribution is -2.48. The molecule has 1 fully saturated rings. The lowest BCUT2D eigenvalue weighted by atomic mass is 10.1. The normalized spacial score (nSPS) is 18.3. The van der Waals surface area contributed by atoms with Gasteiger partial charge in [-0.25, -0.2) is 4.99 Å². The van der Waals surface area contributed by atoms with Crippen molar-refractivity contribution in [3.63, 3.8) is 0 Å². The van der Waals surface area contributed by atoms with Crippen LogP contribution in [0.5, 0.6) is 5.75 Å². The van der Waals surface area contributed by atoms with Crippen LogP contribution in [0.15, 0.2) is 59.6 Å². The number of carbonyl (C=O) groups excluding carboxylic acids is 1. The second-order valence-corrected chi connectivity index (χ2v) is 7.95. The minimum Gasteiger partial charge on any atom is -0.492 e. The summed E-state index contributed by atoms with van der Waals surface area (Å²) in [5, 5.41) is 6.53. The Balaban J connectivity index is 0.00000385. The highest BCUT2D eigenvalue weighted by Crippen LogP contribution is 2.15. The van der Waals surface area contributed by atoms with Gasteiger partial charge >= 0.3 is 0 Å². The topological polar surface area (TPSA) is 75.2 Å². The third kappa shape index (κ3) is 8.85. The third-order valence-electron chi connectivity index (χ3n) is 5.08. The van der Waals surface area contributed by atoms with E-state index in [9.17, 15) is 4.79 Å². The van der Waals surface area contributed by atoms with E-state index in [1.165, 1.54) is 0 Å². The highest BCUT2D eigenvalue weighted by atomic mass is 127. The average molecular weight is 566 g/mol. The average Bonchev–Trinajstić information content (AvgIpc) is 2.80. The monoisotopic (exact) mass is 566 g/mol. The summed E-state index contributed by atoms with van der Waals surface area (Å²) in [5.41, 5.74) is 1.74. The molecule has 0 aromatic heterocycles. The molecule has 1 heterocycles. The standard InChI is InChI=1S/C25H34N4O3.HI/c1-4-26-25(27-14-15-31-23-8-6-5-7-9-23)28-16-21-10-12-22(13-11-21)24(30)29-17-19(2)32-20(3)18-29;/h5-13,19-20H,4,14-18H2,1-3H3,(H2,26,27,28);1H. The van der Waals surface area contributed by atoms with E-state index in [1.807, 2.05) is 80.3 Å². The SMILES string of the molecule is CCNC(=NCc1ccc(C(=O)N2CC(C)OC(C)C2)cc1)NCCOc1ccccc1.I. The molecule has 2 aromatic carbocycles. The van der Waals surface area contributed by atoms with Gasteiger partial charge in [0.15, 0.2) is 5.96 Å². The second kappa shape index (κ2) is 14.0. The first-order valence-electron chi connectivity index (χ1n) is 11.3. The lowest BCUT2D eigenvalue weighted by molar-refractivity contribution is -0.0586. The number of hydrogen-bond donors (Lipinski definition) is 2. The van der Waals surface area contributed by atoms with Gasteiger partial charge in [0.1, 0.15) is 12.4 Å². The Kier molecular flexibility index (Phi) is 11.5. The largest absolute Gasteiger partial charge is 0.492 e. The number of benzene rings is 2. The van der Waals surface area contributed by atoms with Crippen molar-refractivity contribution in [1.29, 1.82) is 0 Å². The van der Waals surface area contributed by atoms with Crippen molar-refractivity contribution >= 4 is 35.8 Å². The van der Waals surface area contributed by atoms with Crippen LogP contribution in [0, 0.1) is 0 Å². The molecule has 0 bridgehead atoms. The van der Waals surface area contributed by atoms with Crippen molar-refractivity contribution in [2.75, 3.05) is 32.8 Å². The predicted octanol–water partition coefficient (Wildman–Crippen LogP) is 3.69. The summed E-state index contributed by atoms with van der Waals surface area (Å²) < 4.78 is 11.4. The Morgan fingerprint density at radius 3 is 2.36 bits per heavy atom. The molecule has 0 saturated carbocycles. The first-order chi connectivity index (χ1) is 15.5. The summed E-state index contributed by atoms with van der Waals surface area (Å²) >= 11 is 0. The molecule has 1 saturated heterocycles. The van der Waals surface area contributed by atoms with Gasteiger partial charge in [0.2, 0.25) is 0 Å². The fraction of sp³-hybridized carbons (Fsp3) is 0.440. The molecule has 1 amide bonds. The smallest absolute Gasteiger partial charge is 0.254 e. The zero-order valence-electron chi connectivity index (χ0n) is 19.6. The minimum atomic E-state index is 0. The molecule has 2 unspecified atom stereocenters. The van der Waals surface area contributed by atoms with Gasteiger partial charge in [0, 0.05) is 25.2 Å². The van der Waals surface area contributed by atoms with E-state index >= 15 is 0 Å². The minimum absolute atomic E-state index is 0. The molecule has 1 aliphatic rings. The fourth-order valence-corrected chi connectivity index (χ4v) is 3.65. The van der Waals surface area contributed by atoms with Gasteiger partial charge in [0.05, 0.1) is 25.3 Å². The van der Waals surface area contributed by atoms with E-state index in [4.69, 9.17) is 9.47 Å². The highest BCUT2D eigenvalue weighted by Gasteiger charge is 2.26. The van der Waals surface area contributed by atoms with Crippen LogP contribution >= 0.6 is 24.0 Å². The van der Waals surface area contributed by atoms with E-state index in [-0.39, 0.29) is 42.1 Å². The van der Waals surface area contributed by atoms with Crippen molar-refractivity contribution < 1.29 is 14.3 Å². The number of guanidine groups is 1. The van der Waals surface area contributed by atoms with Crippen molar-refractivity contribution in [1.82, 2.24) is 15.5 Å². The zero-order chi connectivity index (χ0) is 22.8. The first kappa shape index (κ1) is 26.9. The van der Waals surface area contributed by atoms with Gasteiger partial charge in [0.25, 0.3) is 5.91 Å². The number of halogens is 1. The van der Waals surface area contributed by atoms with E-state index in [0.29, 0.717) is 38.3 Å². The summed E-state index contributed by atoms with van der Waals surface area (Å²) in [5.74, 6) is 1.64. The number of carbonyl (C=O) groups is 1. The highest BCUT2D eigenvalue weighted by molar-refractivity contribution is 14.0. The summed E-state index contributed by atoms with van der Waals surface area (Å²) in [7, 11) is 0. The Labute approximate surface area is 214 Å². The number of hydrogen-bond acceptors (Lipinski definition) is 4. The maximum absolute atomic E-state index is 12.8. The van der Waals surface area contributed by atoms with Gasteiger partial charge in [-0.1, -0.05) is 30.3 Å². The number of morpholine rings is 1. The van der Waals surface area contributed by atoms with Gasteiger partial charge in [-0.05, 0) is 50.6 Å². The van der Waals surface area contributed by atoms with Crippen LogP contribution in [0.3, 0.4) is 0 Å². The molecule has 7 nitrogen and oxygen atoms in total. The molecule has 2 atom stereocenters. The van der Waals surface area contributed by atoms with Crippen LogP contribution < -0.4 is 15.4 Å². The number of ether oxygens (including phenoxy) is 2. The maximum atomic E-state index is 12.8. The molecular formula is C25H35IN4O3. The Morgan fingerprint density at radius 2 is 1.73 bits per heavy atom. The molecule has 0 spiro atoms. The Bertz CT molecular complexity index is 867. The van der Waals surface area contributed by atoms with Gasteiger partial charge < -0.3 is 25.0 Å². The molecule has 2 N–H and O–H groups in total. The molecule has 8 heteroatoms. The van der Waals surface area contributed by atoms with Crippen molar-refractivity contribution in [2.45, 2.75) is 39.5 Å². The molecule has 33 heavy (non-hydrogen) atoms. The van der Waals surface area contributed by atoms with Gasteiger partial charge in [-0.3, -0.25) is 4.79 Å². The number of nitrogens with one attached hydrogen (secondary N) is 2. The predicted molar refractivity (Wildman–Crippen MR) is 143 cm³/mol. The van der Waals surface area contributed by atoms with Crippen LogP contribution in [0.2, 0.25) is 0 Å². The molecular weight excluding hydrogens is 531 g/mol. The zero-order valence-corrected chi connectivity index (χ0v) is 22.0. The van der Waals surface area contributed by atoms with Crippen molar-refractivity contribution in [2.24, 2.45) is 4.99 Å². The molecule has 0 radical (unpaired) electrons. The van der Waals surface area contributed by atoms with E-state index < -0.39 is 0 Å². The second-order valence-electron chi connectivity index (χ2n) is 7.95. The number of nitrogens with zero attached hydrogens (tertiary/aromatic N) is 2. The number of rotatable bonds is 8.